The van der Waals surface area contributed by atoms with Crippen LogP contribution in [0.1, 0.15) is 12.5 Å². The lowest BCUT2D eigenvalue weighted by atomic mass is 10.2. The van der Waals surface area contributed by atoms with Crippen molar-refractivity contribution in [3.8, 4) is 5.75 Å². The van der Waals surface area contributed by atoms with E-state index in [0.29, 0.717) is 13.1 Å². The van der Waals surface area contributed by atoms with Gasteiger partial charge in [0.25, 0.3) is 0 Å². The molecule has 0 N–H and O–H groups in total. The van der Waals surface area contributed by atoms with Crippen molar-refractivity contribution in [3.63, 3.8) is 0 Å². The Balaban J connectivity index is 2.81. The molecule has 0 aliphatic heterocycles. The van der Waals surface area contributed by atoms with Crippen LogP contribution in [-0.4, -0.2) is 30.3 Å². The maximum absolute atomic E-state index is 11.5. The molecule has 0 aliphatic carbocycles. The number of para-hydroxylation sites is 1. The third kappa shape index (κ3) is 3.14. The largest absolute Gasteiger partial charge is 0.496 e. The Hall–Kier alpha value is -1.22. The van der Waals surface area contributed by atoms with Crippen molar-refractivity contribution in [1.29, 1.82) is 0 Å². The molecule has 0 spiro atoms. The standard InChI is InChI=1S/C12H16ClNO2/c1-3-14(12(15)8-13)9-10-6-4-5-7-11(10)16-2/h4-7H,3,8-9H2,1-2H3. The zero-order valence-corrected chi connectivity index (χ0v) is 10.3. The van der Waals surface area contributed by atoms with E-state index in [1.54, 1.807) is 12.0 Å². The number of carbonyl (C=O) groups excluding carboxylic acids is 1. The average Bonchev–Trinajstić information content (AvgIpc) is 2.35. The molecule has 0 saturated heterocycles. The van der Waals surface area contributed by atoms with Crippen molar-refractivity contribution < 1.29 is 9.53 Å². The van der Waals surface area contributed by atoms with Gasteiger partial charge in [-0.05, 0) is 13.0 Å². The van der Waals surface area contributed by atoms with Crippen LogP contribution in [-0.2, 0) is 11.3 Å². The van der Waals surface area contributed by atoms with Crippen LogP contribution in [0.5, 0.6) is 5.75 Å². The highest BCUT2D eigenvalue weighted by molar-refractivity contribution is 6.27. The van der Waals surface area contributed by atoms with Gasteiger partial charge in [0.05, 0.1) is 7.11 Å². The van der Waals surface area contributed by atoms with E-state index >= 15 is 0 Å². The SMILES string of the molecule is CCN(Cc1ccccc1OC)C(=O)CCl. The number of hydrogen-bond donors (Lipinski definition) is 0. The summed E-state index contributed by atoms with van der Waals surface area (Å²) in [5.41, 5.74) is 0.991. The lowest BCUT2D eigenvalue weighted by Crippen LogP contribution is -2.31. The maximum atomic E-state index is 11.5. The Morgan fingerprint density at radius 3 is 2.69 bits per heavy atom. The summed E-state index contributed by atoms with van der Waals surface area (Å²) >= 11 is 5.54. The molecule has 1 amide bonds. The Morgan fingerprint density at radius 1 is 1.44 bits per heavy atom. The highest BCUT2D eigenvalue weighted by atomic mass is 35.5. The average molecular weight is 242 g/mol. The fraction of sp³-hybridized carbons (Fsp3) is 0.417. The van der Waals surface area contributed by atoms with E-state index < -0.39 is 0 Å². The normalized spacial score (nSPS) is 9.94. The lowest BCUT2D eigenvalue weighted by Gasteiger charge is -2.21. The summed E-state index contributed by atoms with van der Waals surface area (Å²) < 4.78 is 5.23. The highest BCUT2D eigenvalue weighted by Crippen LogP contribution is 2.19. The van der Waals surface area contributed by atoms with Gasteiger partial charge in [0.1, 0.15) is 11.6 Å². The monoisotopic (exact) mass is 241 g/mol. The molecule has 16 heavy (non-hydrogen) atoms. The molecule has 0 fully saturated rings. The number of ether oxygens (including phenoxy) is 1. The van der Waals surface area contributed by atoms with Crippen LogP contribution >= 0.6 is 11.6 Å². The fourth-order valence-corrected chi connectivity index (χ4v) is 1.67. The summed E-state index contributed by atoms with van der Waals surface area (Å²) in [6, 6.07) is 7.66. The topological polar surface area (TPSA) is 29.5 Å². The number of hydrogen-bond acceptors (Lipinski definition) is 2. The van der Waals surface area contributed by atoms with Crippen LogP contribution in [0.4, 0.5) is 0 Å². The first-order valence-electron chi connectivity index (χ1n) is 5.18. The Kier molecular flexibility index (Phi) is 5.12. The minimum Gasteiger partial charge on any atom is -0.496 e. The second-order valence-electron chi connectivity index (χ2n) is 3.35. The summed E-state index contributed by atoms with van der Waals surface area (Å²) in [5.74, 6) is 0.751. The number of nitrogens with zero attached hydrogens (tertiary/aromatic N) is 1. The number of halogens is 1. The number of methoxy groups -OCH3 is 1. The van der Waals surface area contributed by atoms with E-state index in [9.17, 15) is 4.79 Å². The van der Waals surface area contributed by atoms with Crippen LogP contribution < -0.4 is 4.74 Å². The first-order chi connectivity index (χ1) is 7.72. The zero-order valence-electron chi connectivity index (χ0n) is 9.57. The summed E-state index contributed by atoms with van der Waals surface area (Å²) in [6.45, 7) is 3.11. The number of rotatable bonds is 5. The third-order valence-corrected chi connectivity index (χ3v) is 2.63. The van der Waals surface area contributed by atoms with Crippen molar-refractivity contribution in [2.45, 2.75) is 13.5 Å². The van der Waals surface area contributed by atoms with Crippen LogP contribution in [0.25, 0.3) is 0 Å². The van der Waals surface area contributed by atoms with Crippen LogP contribution in [0.2, 0.25) is 0 Å². The zero-order chi connectivity index (χ0) is 12.0. The number of alkyl halides is 1. The molecule has 4 heteroatoms. The second-order valence-corrected chi connectivity index (χ2v) is 3.62. The van der Waals surface area contributed by atoms with Crippen molar-refractivity contribution in [1.82, 2.24) is 4.90 Å². The maximum Gasteiger partial charge on any atom is 0.237 e. The Labute approximate surface area is 101 Å². The minimum absolute atomic E-state index is 0.0169. The molecule has 0 unspecified atom stereocenters. The molecule has 0 atom stereocenters. The van der Waals surface area contributed by atoms with E-state index in [4.69, 9.17) is 16.3 Å². The van der Waals surface area contributed by atoms with Crippen LogP contribution in [0, 0.1) is 0 Å². The molecule has 0 bridgehead atoms. The van der Waals surface area contributed by atoms with E-state index in [0.717, 1.165) is 11.3 Å². The lowest BCUT2D eigenvalue weighted by molar-refractivity contribution is -0.128. The molecule has 0 heterocycles. The first-order valence-corrected chi connectivity index (χ1v) is 5.72. The van der Waals surface area contributed by atoms with Gasteiger partial charge < -0.3 is 9.64 Å². The van der Waals surface area contributed by atoms with Gasteiger partial charge >= 0.3 is 0 Å². The quantitative estimate of drug-likeness (QED) is 0.741. The van der Waals surface area contributed by atoms with Gasteiger partial charge in [-0.1, -0.05) is 18.2 Å². The number of carbonyl (C=O) groups is 1. The van der Waals surface area contributed by atoms with Crippen LogP contribution in [0.3, 0.4) is 0 Å². The molecule has 0 aromatic heterocycles. The minimum atomic E-state index is -0.0601. The van der Waals surface area contributed by atoms with Gasteiger partial charge in [-0.2, -0.15) is 0 Å². The number of benzene rings is 1. The molecular formula is C12H16ClNO2. The van der Waals surface area contributed by atoms with Crippen molar-refractivity contribution >= 4 is 17.5 Å². The summed E-state index contributed by atoms with van der Waals surface area (Å²) in [7, 11) is 1.62. The molecular weight excluding hydrogens is 226 g/mol. The molecule has 0 radical (unpaired) electrons. The number of amides is 1. The Morgan fingerprint density at radius 2 is 2.12 bits per heavy atom. The fourth-order valence-electron chi connectivity index (χ4n) is 1.50. The predicted molar refractivity (Wildman–Crippen MR) is 64.8 cm³/mol. The Bertz CT molecular complexity index is 355. The van der Waals surface area contributed by atoms with Gasteiger partial charge in [-0.3, -0.25) is 4.79 Å². The summed E-state index contributed by atoms with van der Waals surface area (Å²) in [4.78, 5) is 13.2. The van der Waals surface area contributed by atoms with E-state index in [1.807, 2.05) is 31.2 Å². The third-order valence-electron chi connectivity index (χ3n) is 2.40. The molecule has 0 aliphatic rings. The molecule has 0 saturated carbocycles. The van der Waals surface area contributed by atoms with Crippen molar-refractivity contribution in [3.05, 3.63) is 29.8 Å². The van der Waals surface area contributed by atoms with Crippen molar-refractivity contribution in [2.75, 3.05) is 19.5 Å². The van der Waals surface area contributed by atoms with Gasteiger partial charge in [-0.25, -0.2) is 0 Å². The second kappa shape index (κ2) is 6.38. The molecule has 1 aromatic rings. The van der Waals surface area contributed by atoms with Gasteiger partial charge in [0.2, 0.25) is 5.91 Å². The van der Waals surface area contributed by atoms with Gasteiger partial charge in [-0.15, -0.1) is 11.6 Å². The summed E-state index contributed by atoms with van der Waals surface area (Å²) in [6.07, 6.45) is 0. The van der Waals surface area contributed by atoms with Gasteiger partial charge in [0.15, 0.2) is 0 Å². The van der Waals surface area contributed by atoms with E-state index in [2.05, 4.69) is 0 Å². The van der Waals surface area contributed by atoms with E-state index in [1.165, 1.54) is 0 Å². The summed E-state index contributed by atoms with van der Waals surface area (Å²) in [5, 5.41) is 0. The smallest absolute Gasteiger partial charge is 0.237 e. The van der Waals surface area contributed by atoms with Crippen LogP contribution in [0.15, 0.2) is 24.3 Å². The predicted octanol–water partition coefficient (Wildman–Crippen LogP) is 2.28. The van der Waals surface area contributed by atoms with E-state index in [-0.39, 0.29) is 11.8 Å². The molecule has 3 nitrogen and oxygen atoms in total. The van der Waals surface area contributed by atoms with Crippen molar-refractivity contribution in [2.24, 2.45) is 0 Å². The first kappa shape index (κ1) is 12.8. The van der Waals surface area contributed by atoms with Gasteiger partial charge in [0, 0.05) is 18.7 Å². The molecule has 1 aromatic carbocycles. The molecule has 1 rings (SSSR count). The highest BCUT2D eigenvalue weighted by Gasteiger charge is 2.12. The molecule has 88 valence electrons.